The summed E-state index contributed by atoms with van der Waals surface area (Å²) in [5, 5.41) is 13.4. The summed E-state index contributed by atoms with van der Waals surface area (Å²) in [6.07, 6.45) is 2.04. The molecule has 19 heavy (non-hydrogen) atoms. The Hall–Kier alpha value is -2.43. The van der Waals surface area contributed by atoms with Gasteiger partial charge in [0.2, 0.25) is 0 Å². The number of anilines is 1. The Balaban J connectivity index is 1.98. The zero-order valence-electron chi connectivity index (χ0n) is 10.4. The number of aromatic nitrogens is 2. The molecule has 0 amide bonds. The van der Waals surface area contributed by atoms with Gasteiger partial charge in [-0.2, -0.15) is 0 Å². The maximum Gasteiger partial charge on any atom is 0.129 e. The van der Waals surface area contributed by atoms with E-state index in [2.05, 4.69) is 15.3 Å². The lowest BCUT2D eigenvalue weighted by molar-refractivity contribution is -0.305. The quantitative estimate of drug-likeness (QED) is 0.783. The summed E-state index contributed by atoms with van der Waals surface area (Å²) in [6.45, 7) is 0.541. The number of carbonyl (C=O) groups excluding carboxylic acids is 1. The van der Waals surface area contributed by atoms with Crippen molar-refractivity contribution in [3.05, 3.63) is 42.7 Å². The SMILES string of the molecule is O=C([O-])CCCNc1cc(-c2ccccc2)ncn1. The first-order valence-corrected chi connectivity index (χ1v) is 6.07. The van der Waals surface area contributed by atoms with E-state index in [1.165, 1.54) is 6.33 Å². The molecule has 1 heterocycles. The molecule has 0 atom stereocenters. The fraction of sp³-hybridized carbons (Fsp3) is 0.214. The van der Waals surface area contributed by atoms with Crippen molar-refractivity contribution in [2.45, 2.75) is 12.8 Å². The predicted molar refractivity (Wildman–Crippen MR) is 70.2 cm³/mol. The molecule has 0 aliphatic carbocycles. The molecule has 0 saturated carbocycles. The third-order valence-electron chi connectivity index (χ3n) is 2.60. The summed E-state index contributed by atoms with van der Waals surface area (Å²) in [6, 6.07) is 11.6. The van der Waals surface area contributed by atoms with E-state index in [9.17, 15) is 9.90 Å². The van der Waals surface area contributed by atoms with E-state index < -0.39 is 5.97 Å². The van der Waals surface area contributed by atoms with Gasteiger partial charge in [-0.15, -0.1) is 0 Å². The highest BCUT2D eigenvalue weighted by Crippen LogP contribution is 2.17. The van der Waals surface area contributed by atoms with Gasteiger partial charge in [-0.25, -0.2) is 9.97 Å². The lowest BCUT2D eigenvalue weighted by Gasteiger charge is -2.07. The molecule has 5 nitrogen and oxygen atoms in total. The van der Waals surface area contributed by atoms with Crippen molar-refractivity contribution in [2.75, 3.05) is 11.9 Å². The summed E-state index contributed by atoms with van der Waals surface area (Å²) < 4.78 is 0. The highest BCUT2D eigenvalue weighted by Gasteiger charge is 2.00. The van der Waals surface area contributed by atoms with Gasteiger partial charge in [0, 0.05) is 24.1 Å². The topological polar surface area (TPSA) is 77.9 Å². The molecular formula is C14H14N3O2-. The number of hydrogen-bond acceptors (Lipinski definition) is 5. The van der Waals surface area contributed by atoms with Gasteiger partial charge < -0.3 is 15.2 Å². The molecule has 0 saturated heterocycles. The second-order valence-electron chi connectivity index (χ2n) is 4.06. The minimum atomic E-state index is -1.03. The van der Waals surface area contributed by atoms with Crippen LogP contribution in [0.5, 0.6) is 0 Å². The molecule has 0 aliphatic heterocycles. The van der Waals surface area contributed by atoms with Crippen LogP contribution in [-0.4, -0.2) is 22.5 Å². The van der Waals surface area contributed by atoms with E-state index in [0.29, 0.717) is 18.8 Å². The number of carbonyl (C=O) groups is 1. The summed E-state index contributed by atoms with van der Waals surface area (Å²) in [5.41, 5.74) is 1.85. The standard InChI is InChI=1S/C14H15N3O2/c18-14(19)7-4-8-15-13-9-12(16-10-17-13)11-5-2-1-3-6-11/h1-3,5-6,9-10H,4,7-8H2,(H,18,19)(H,15,16,17)/p-1. The average molecular weight is 256 g/mol. The Labute approximate surface area is 111 Å². The highest BCUT2D eigenvalue weighted by atomic mass is 16.4. The molecule has 1 aromatic carbocycles. The third-order valence-corrected chi connectivity index (χ3v) is 2.60. The predicted octanol–water partition coefficient (Wildman–Crippen LogP) is 1.09. The van der Waals surface area contributed by atoms with Crippen LogP contribution in [0.3, 0.4) is 0 Å². The first-order chi connectivity index (χ1) is 9.25. The largest absolute Gasteiger partial charge is 0.550 e. The van der Waals surface area contributed by atoms with Crippen molar-refractivity contribution in [3.63, 3.8) is 0 Å². The number of aliphatic carboxylic acids is 1. The van der Waals surface area contributed by atoms with Crippen molar-refractivity contribution < 1.29 is 9.90 Å². The van der Waals surface area contributed by atoms with Crippen LogP contribution in [0.2, 0.25) is 0 Å². The van der Waals surface area contributed by atoms with Crippen molar-refractivity contribution in [1.29, 1.82) is 0 Å². The molecule has 0 unspecified atom stereocenters. The number of carboxylic acid groups (broad SMARTS) is 1. The maximum absolute atomic E-state index is 10.3. The first kappa shape index (κ1) is 13.0. The number of carboxylic acids is 1. The minimum Gasteiger partial charge on any atom is -0.550 e. The molecule has 0 spiro atoms. The Bertz CT molecular complexity index is 543. The van der Waals surface area contributed by atoms with Gasteiger partial charge in [0.1, 0.15) is 12.1 Å². The number of nitrogens with one attached hydrogen (secondary N) is 1. The molecular weight excluding hydrogens is 242 g/mol. The minimum absolute atomic E-state index is 0.0453. The zero-order valence-corrected chi connectivity index (χ0v) is 10.4. The van der Waals surface area contributed by atoms with Crippen molar-refractivity contribution in [3.8, 4) is 11.3 Å². The van der Waals surface area contributed by atoms with Crippen molar-refractivity contribution in [1.82, 2.24) is 9.97 Å². The molecule has 0 fully saturated rings. The molecule has 0 bridgehead atoms. The number of hydrogen-bond donors (Lipinski definition) is 1. The van der Waals surface area contributed by atoms with E-state index in [0.717, 1.165) is 11.3 Å². The summed E-state index contributed by atoms with van der Waals surface area (Å²) in [4.78, 5) is 18.6. The fourth-order valence-corrected chi connectivity index (χ4v) is 1.67. The van der Waals surface area contributed by atoms with Crippen LogP contribution in [0.15, 0.2) is 42.7 Å². The van der Waals surface area contributed by atoms with Crippen LogP contribution in [0.4, 0.5) is 5.82 Å². The number of nitrogens with zero attached hydrogens (tertiary/aromatic N) is 2. The molecule has 0 aliphatic rings. The molecule has 5 heteroatoms. The average Bonchev–Trinajstić information content (AvgIpc) is 2.45. The van der Waals surface area contributed by atoms with Gasteiger partial charge in [-0.3, -0.25) is 0 Å². The van der Waals surface area contributed by atoms with E-state index >= 15 is 0 Å². The highest BCUT2D eigenvalue weighted by molar-refractivity contribution is 5.64. The van der Waals surface area contributed by atoms with Gasteiger partial charge in [-0.1, -0.05) is 30.3 Å². The Kier molecular flexibility index (Phi) is 4.44. The zero-order chi connectivity index (χ0) is 13.5. The molecule has 98 valence electrons. The van der Waals surface area contributed by atoms with Gasteiger partial charge in [0.25, 0.3) is 0 Å². The van der Waals surface area contributed by atoms with Crippen LogP contribution >= 0.6 is 0 Å². The Morgan fingerprint density at radius 3 is 2.74 bits per heavy atom. The normalized spacial score (nSPS) is 10.1. The second-order valence-corrected chi connectivity index (χ2v) is 4.06. The summed E-state index contributed by atoms with van der Waals surface area (Å²) >= 11 is 0. The maximum atomic E-state index is 10.3. The van der Waals surface area contributed by atoms with Crippen LogP contribution in [-0.2, 0) is 4.79 Å². The van der Waals surface area contributed by atoms with E-state index in [-0.39, 0.29) is 6.42 Å². The van der Waals surface area contributed by atoms with Crippen LogP contribution in [0, 0.1) is 0 Å². The van der Waals surface area contributed by atoms with Crippen LogP contribution in [0.1, 0.15) is 12.8 Å². The Morgan fingerprint density at radius 1 is 1.21 bits per heavy atom. The monoisotopic (exact) mass is 256 g/mol. The lowest BCUT2D eigenvalue weighted by Crippen LogP contribution is -2.22. The van der Waals surface area contributed by atoms with Crippen molar-refractivity contribution in [2.24, 2.45) is 0 Å². The Morgan fingerprint density at radius 2 is 2.00 bits per heavy atom. The molecule has 1 aromatic heterocycles. The lowest BCUT2D eigenvalue weighted by atomic mass is 10.1. The number of benzene rings is 1. The summed E-state index contributed by atoms with van der Waals surface area (Å²) in [5.74, 6) is -0.346. The van der Waals surface area contributed by atoms with E-state index in [1.807, 2.05) is 36.4 Å². The molecule has 1 N–H and O–H groups in total. The molecule has 2 aromatic rings. The smallest absolute Gasteiger partial charge is 0.129 e. The first-order valence-electron chi connectivity index (χ1n) is 6.07. The van der Waals surface area contributed by atoms with Crippen LogP contribution in [0.25, 0.3) is 11.3 Å². The van der Waals surface area contributed by atoms with Gasteiger partial charge in [0.05, 0.1) is 5.69 Å². The number of rotatable bonds is 6. The van der Waals surface area contributed by atoms with Gasteiger partial charge >= 0.3 is 0 Å². The third kappa shape index (κ3) is 4.06. The van der Waals surface area contributed by atoms with Crippen LogP contribution < -0.4 is 10.4 Å². The van der Waals surface area contributed by atoms with Crippen molar-refractivity contribution >= 4 is 11.8 Å². The van der Waals surface area contributed by atoms with E-state index in [4.69, 9.17) is 0 Å². The second kappa shape index (κ2) is 6.49. The molecule has 2 rings (SSSR count). The van der Waals surface area contributed by atoms with E-state index in [1.54, 1.807) is 0 Å². The molecule has 0 radical (unpaired) electrons. The van der Waals surface area contributed by atoms with Gasteiger partial charge in [-0.05, 0) is 12.8 Å². The van der Waals surface area contributed by atoms with Gasteiger partial charge in [0.15, 0.2) is 0 Å². The summed E-state index contributed by atoms with van der Waals surface area (Å²) in [7, 11) is 0. The fourth-order valence-electron chi connectivity index (χ4n) is 1.67.